The van der Waals surface area contributed by atoms with Crippen molar-refractivity contribution in [3.05, 3.63) is 45.2 Å². The van der Waals surface area contributed by atoms with Crippen LogP contribution in [0, 0.1) is 0 Å². The molecule has 0 aliphatic heterocycles. The number of nitrogen functional groups attached to an aromatic ring is 1. The van der Waals surface area contributed by atoms with Gasteiger partial charge in [0.1, 0.15) is 5.82 Å². The van der Waals surface area contributed by atoms with Crippen LogP contribution < -0.4 is 16.6 Å². The molecule has 0 bridgehead atoms. The van der Waals surface area contributed by atoms with Crippen molar-refractivity contribution in [2.45, 2.75) is 36.5 Å². The molecule has 21 heavy (non-hydrogen) atoms. The average Bonchev–Trinajstić information content (AvgIpc) is 2.36. The molecular formula is C14H17ClN4OS. The van der Waals surface area contributed by atoms with E-state index in [-0.39, 0.29) is 11.4 Å². The number of nitrogens with one attached hydrogen (secondary N) is 2. The van der Waals surface area contributed by atoms with Crippen molar-refractivity contribution >= 4 is 29.2 Å². The molecule has 0 aliphatic rings. The third kappa shape index (κ3) is 4.77. The van der Waals surface area contributed by atoms with Crippen molar-refractivity contribution in [2.75, 3.05) is 5.73 Å². The summed E-state index contributed by atoms with van der Waals surface area (Å²) in [6.45, 7) is 4.88. The van der Waals surface area contributed by atoms with Crippen LogP contribution in [-0.2, 0) is 6.54 Å². The minimum absolute atomic E-state index is 0.199. The van der Waals surface area contributed by atoms with Crippen LogP contribution in [0.5, 0.6) is 0 Å². The van der Waals surface area contributed by atoms with Crippen molar-refractivity contribution < 1.29 is 0 Å². The molecule has 0 amide bonds. The molecule has 112 valence electrons. The highest BCUT2D eigenvalue weighted by Crippen LogP contribution is 2.28. The van der Waals surface area contributed by atoms with E-state index in [4.69, 9.17) is 17.3 Å². The first-order chi connectivity index (χ1) is 9.94. The van der Waals surface area contributed by atoms with Gasteiger partial charge in [-0.2, -0.15) is 0 Å². The smallest absolute Gasteiger partial charge is 0.253 e. The molecule has 0 fully saturated rings. The zero-order valence-corrected chi connectivity index (χ0v) is 13.4. The first-order valence-electron chi connectivity index (χ1n) is 6.50. The Bertz CT molecular complexity index is 687. The minimum Gasteiger partial charge on any atom is -0.383 e. The van der Waals surface area contributed by atoms with Crippen LogP contribution in [0.3, 0.4) is 0 Å². The maximum atomic E-state index is 11.3. The number of halogens is 1. The van der Waals surface area contributed by atoms with Crippen LogP contribution in [0.15, 0.2) is 39.1 Å². The summed E-state index contributed by atoms with van der Waals surface area (Å²) in [5.41, 5.74) is 6.32. The summed E-state index contributed by atoms with van der Waals surface area (Å²) >= 11 is 7.58. The Balaban J connectivity index is 2.14. The summed E-state index contributed by atoms with van der Waals surface area (Å²) in [4.78, 5) is 18.9. The van der Waals surface area contributed by atoms with E-state index in [0.717, 1.165) is 17.0 Å². The highest BCUT2D eigenvalue weighted by atomic mass is 35.5. The van der Waals surface area contributed by atoms with Crippen LogP contribution in [0.1, 0.15) is 19.4 Å². The fourth-order valence-corrected chi connectivity index (χ4v) is 2.81. The number of nitrogens with zero attached hydrogens (tertiary/aromatic N) is 1. The number of H-pyrrole nitrogens is 1. The molecule has 1 aromatic carbocycles. The summed E-state index contributed by atoms with van der Waals surface area (Å²) in [5.74, 6) is 0.199. The van der Waals surface area contributed by atoms with Gasteiger partial charge < -0.3 is 16.0 Å². The van der Waals surface area contributed by atoms with Gasteiger partial charge in [-0.15, -0.1) is 0 Å². The lowest BCUT2D eigenvalue weighted by molar-refractivity contribution is 0.589. The second-order valence-electron chi connectivity index (χ2n) is 4.87. The SMILES string of the molecule is CC(C)NCc1ccc(Sc2nc(N)cc(=O)[nH]2)cc1Cl. The topological polar surface area (TPSA) is 83.8 Å². The number of hydrogen-bond donors (Lipinski definition) is 3. The van der Waals surface area contributed by atoms with E-state index in [2.05, 4.69) is 29.1 Å². The van der Waals surface area contributed by atoms with Gasteiger partial charge in [-0.25, -0.2) is 4.98 Å². The number of hydrogen-bond acceptors (Lipinski definition) is 5. The predicted octanol–water partition coefficient (Wildman–Crippen LogP) is 2.65. The zero-order chi connectivity index (χ0) is 15.4. The van der Waals surface area contributed by atoms with E-state index in [1.165, 1.54) is 17.8 Å². The largest absolute Gasteiger partial charge is 0.383 e. The predicted molar refractivity (Wildman–Crippen MR) is 86.8 cm³/mol. The number of rotatable bonds is 5. The Kier molecular flexibility index (Phi) is 5.27. The molecule has 5 nitrogen and oxygen atoms in total. The molecule has 2 rings (SSSR count). The fourth-order valence-electron chi connectivity index (χ4n) is 1.66. The molecule has 0 aliphatic carbocycles. The zero-order valence-electron chi connectivity index (χ0n) is 11.8. The molecule has 1 heterocycles. The molecule has 0 saturated heterocycles. The molecule has 0 radical (unpaired) electrons. The normalized spacial score (nSPS) is 11.0. The lowest BCUT2D eigenvalue weighted by Gasteiger charge is -2.10. The van der Waals surface area contributed by atoms with Crippen molar-refractivity contribution in [3.8, 4) is 0 Å². The van der Waals surface area contributed by atoms with Gasteiger partial charge in [-0.1, -0.05) is 43.3 Å². The maximum absolute atomic E-state index is 11.3. The van der Waals surface area contributed by atoms with Crippen molar-refractivity contribution in [2.24, 2.45) is 0 Å². The average molecular weight is 325 g/mol. The summed E-state index contributed by atoms with van der Waals surface area (Å²) in [6.07, 6.45) is 0. The number of anilines is 1. The molecule has 7 heteroatoms. The van der Waals surface area contributed by atoms with Gasteiger partial charge in [0.25, 0.3) is 5.56 Å². The Labute approximate surface area is 132 Å². The van der Waals surface area contributed by atoms with E-state index in [1.807, 2.05) is 18.2 Å². The number of aromatic amines is 1. The first kappa shape index (κ1) is 15.9. The molecule has 0 saturated carbocycles. The lowest BCUT2D eigenvalue weighted by atomic mass is 10.2. The van der Waals surface area contributed by atoms with Crippen LogP contribution >= 0.6 is 23.4 Å². The van der Waals surface area contributed by atoms with Crippen LogP contribution in [0.2, 0.25) is 5.02 Å². The monoisotopic (exact) mass is 324 g/mol. The molecule has 4 N–H and O–H groups in total. The minimum atomic E-state index is -0.270. The van der Waals surface area contributed by atoms with Gasteiger partial charge in [0.2, 0.25) is 0 Å². The number of benzene rings is 1. The number of aromatic nitrogens is 2. The van der Waals surface area contributed by atoms with Gasteiger partial charge >= 0.3 is 0 Å². The second-order valence-corrected chi connectivity index (χ2v) is 6.34. The molecule has 0 spiro atoms. The third-order valence-corrected chi connectivity index (χ3v) is 3.91. The second kappa shape index (κ2) is 6.98. The Morgan fingerprint density at radius 2 is 2.19 bits per heavy atom. The quantitative estimate of drug-likeness (QED) is 0.736. The van der Waals surface area contributed by atoms with Crippen molar-refractivity contribution in [3.63, 3.8) is 0 Å². The molecule has 0 atom stereocenters. The molecule has 0 unspecified atom stereocenters. The molecular weight excluding hydrogens is 308 g/mol. The molecule has 2 aromatic rings. The van der Waals surface area contributed by atoms with Gasteiger partial charge in [-0.3, -0.25) is 4.79 Å². The third-order valence-electron chi connectivity index (χ3n) is 2.68. The first-order valence-corrected chi connectivity index (χ1v) is 7.70. The van der Waals surface area contributed by atoms with E-state index in [1.54, 1.807) is 0 Å². The van der Waals surface area contributed by atoms with Crippen LogP contribution in [0.25, 0.3) is 0 Å². The van der Waals surface area contributed by atoms with E-state index in [0.29, 0.717) is 16.2 Å². The van der Waals surface area contributed by atoms with Crippen LogP contribution in [0.4, 0.5) is 5.82 Å². The Morgan fingerprint density at radius 3 is 2.81 bits per heavy atom. The van der Waals surface area contributed by atoms with Gasteiger partial charge in [0.15, 0.2) is 5.16 Å². The lowest BCUT2D eigenvalue weighted by Crippen LogP contribution is -2.21. The van der Waals surface area contributed by atoms with Gasteiger partial charge in [0, 0.05) is 28.6 Å². The van der Waals surface area contributed by atoms with Crippen molar-refractivity contribution in [1.82, 2.24) is 15.3 Å². The van der Waals surface area contributed by atoms with E-state index >= 15 is 0 Å². The highest BCUT2D eigenvalue weighted by molar-refractivity contribution is 7.99. The maximum Gasteiger partial charge on any atom is 0.253 e. The standard InChI is InChI=1S/C14H17ClN4OS/c1-8(2)17-7-9-3-4-10(5-11(9)15)21-14-18-12(16)6-13(20)19-14/h3-6,8,17H,7H2,1-2H3,(H3,16,18,19,20). The summed E-state index contributed by atoms with van der Waals surface area (Å²) in [7, 11) is 0. The number of nitrogens with two attached hydrogens (primary N) is 1. The summed E-state index contributed by atoms with van der Waals surface area (Å²) < 4.78 is 0. The van der Waals surface area contributed by atoms with E-state index in [9.17, 15) is 4.79 Å². The Hall–Kier alpha value is -1.50. The van der Waals surface area contributed by atoms with Crippen molar-refractivity contribution in [1.29, 1.82) is 0 Å². The van der Waals surface area contributed by atoms with Crippen LogP contribution in [-0.4, -0.2) is 16.0 Å². The van der Waals surface area contributed by atoms with Gasteiger partial charge in [0.05, 0.1) is 0 Å². The highest BCUT2D eigenvalue weighted by Gasteiger charge is 2.06. The molecule has 1 aromatic heterocycles. The summed E-state index contributed by atoms with van der Waals surface area (Å²) in [6, 6.07) is 7.41. The van der Waals surface area contributed by atoms with E-state index < -0.39 is 0 Å². The summed E-state index contributed by atoms with van der Waals surface area (Å²) in [5, 5.41) is 4.45. The fraction of sp³-hybridized carbons (Fsp3) is 0.286. The Morgan fingerprint density at radius 1 is 1.43 bits per heavy atom. The van der Waals surface area contributed by atoms with Gasteiger partial charge in [-0.05, 0) is 17.7 Å².